The van der Waals surface area contributed by atoms with Gasteiger partial charge in [-0.25, -0.2) is 19.7 Å². The molecule has 1 unspecified atom stereocenters. The van der Waals surface area contributed by atoms with Crippen LogP contribution in [0.15, 0.2) is 73.6 Å². The van der Waals surface area contributed by atoms with Gasteiger partial charge in [0.1, 0.15) is 55.0 Å². The first-order chi connectivity index (χ1) is 20.6. The quantitative estimate of drug-likeness (QED) is 0.353. The minimum atomic E-state index is -0.868. The number of anilines is 1. The van der Waals surface area contributed by atoms with Gasteiger partial charge in [-0.05, 0) is 30.3 Å². The summed E-state index contributed by atoms with van der Waals surface area (Å²) in [6.45, 7) is 1.95. The molecule has 1 N–H and O–H groups in total. The number of nitrogens with zero attached hydrogens (tertiary/aromatic N) is 6. The lowest BCUT2D eigenvalue weighted by Crippen LogP contribution is -2.61. The topological polar surface area (TPSA) is 133 Å². The number of aromatic nitrogens is 4. The summed E-state index contributed by atoms with van der Waals surface area (Å²) in [6.07, 6.45) is 5.93. The number of fused-ring (bicyclic) bond motifs is 1. The number of piperazine rings is 1. The van der Waals surface area contributed by atoms with Crippen LogP contribution >= 0.6 is 0 Å². The predicted molar refractivity (Wildman–Crippen MR) is 150 cm³/mol. The summed E-state index contributed by atoms with van der Waals surface area (Å²) in [4.78, 5) is 43.3. The van der Waals surface area contributed by atoms with Gasteiger partial charge in [0.2, 0.25) is 5.91 Å². The average molecular weight is 572 g/mol. The maximum atomic E-state index is 13.7. The Morgan fingerprint density at radius 2 is 1.83 bits per heavy atom. The second-order valence-electron chi connectivity index (χ2n) is 9.56. The van der Waals surface area contributed by atoms with Gasteiger partial charge in [-0.15, -0.1) is 0 Å². The highest BCUT2D eigenvalue weighted by atomic mass is 16.6. The van der Waals surface area contributed by atoms with Gasteiger partial charge in [0.25, 0.3) is 0 Å². The van der Waals surface area contributed by atoms with Crippen molar-refractivity contribution in [3.8, 4) is 28.8 Å². The molecule has 0 aliphatic carbocycles. The van der Waals surface area contributed by atoms with Crippen LogP contribution in [0.5, 0.6) is 23.0 Å². The molecule has 0 saturated carbocycles. The smallest absolute Gasteiger partial charge is 0.416 e. The first-order valence-corrected chi connectivity index (χ1v) is 13.4. The van der Waals surface area contributed by atoms with Crippen molar-refractivity contribution < 1.29 is 28.5 Å². The van der Waals surface area contributed by atoms with Gasteiger partial charge in [-0.1, -0.05) is 12.1 Å². The van der Waals surface area contributed by atoms with E-state index in [9.17, 15) is 9.59 Å². The van der Waals surface area contributed by atoms with E-state index in [1.54, 1.807) is 54.7 Å². The van der Waals surface area contributed by atoms with E-state index in [1.807, 2.05) is 29.2 Å². The molecule has 1 saturated heterocycles. The first-order valence-electron chi connectivity index (χ1n) is 13.4. The summed E-state index contributed by atoms with van der Waals surface area (Å²) in [5.74, 6) is 3.14. The molecule has 0 bridgehead atoms. The monoisotopic (exact) mass is 571 g/mol. The number of ether oxygens (including phenoxy) is 4. The number of rotatable bonds is 7. The number of para-hydroxylation sites is 1. The van der Waals surface area contributed by atoms with Crippen molar-refractivity contribution in [1.82, 2.24) is 29.7 Å². The Labute approximate surface area is 241 Å². The molecule has 0 radical (unpaired) electrons. The van der Waals surface area contributed by atoms with Crippen LogP contribution in [0.1, 0.15) is 5.56 Å². The minimum absolute atomic E-state index is 0.191. The fraction of sp³-hybridized carbons (Fsp3) is 0.276. The van der Waals surface area contributed by atoms with Crippen LogP contribution in [0, 0.1) is 0 Å². The lowest BCUT2D eigenvalue weighted by Gasteiger charge is -2.40. The number of nitrogens with one attached hydrogen (secondary N) is 1. The fourth-order valence-electron chi connectivity index (χ4n) is 4.86. The molecule has 13 heteroatoms. The largest absolute Gasteiger partial charge is 0.497 e. The molecule has 216 valence electrons. The molecule has 1 atom stereocenters. The summed E-state index contributed by atoms with van der Waals surface area (Å²) >= 11 is 0. The molecule has 2 aromatic carbocycles. The Balaban J connectivity index is 1.22. The molecule has 6 rings (SSSR count). The highest BCUT2D eigenvalue weighted by molar-refractivity contribution is 5.87. The van der Waals surface area contributed by atoms with E-state index in [1.165, 1.54) is 11.2 Å². The zero-order valence-electron chi connectivity index (χ0n) is 22.9. The highest BCUT2D eigenvalue weighted by Crippen LogP contribution is 2.33. The maximum Gasteiger partial charge on any atom is 0.416 e. The van der Waals surface area contributed by atoms with E-state index in [4.69, 9.17) is 18.9 Å². The lowest BCUT2D eigenvalue weighted by atomic mass is 10.1. The molecular formula is C29H29N7O6. The number of methoxy groups -OCH3 is 1. The molecule has 4 heterocycles. The molecule has 42 heavy (non-hydrogen) atoms. The van der Waals surface area contributed by atoms with Crippen LogP contribution in [0.2, 0.25) is 0 Å². The van der Waals surface area contributed by atoms with Gasteiger partial charge in [0.05, 0.1) is 7.11 Å². The van der Waals surface area contributed by atoms with Crippen LogP contribution in [-0.2, 0) is 11.3 Å². The standard InChI is InChI=1S/C29H29N7O6/c1-39-21-5-7-22(8-6-21)42-29(38)36-12-11-34(25-15-26(33-18-32-25)35-10-9-30-19-35)17-23(36)28(37)31-16-20-3-2-4-24-27(20)41-14-13-40-24/h2-10,15,18-19,23H,11-14,16-17H2,1H3,(H,31,37). The predicted octanol–water partition coefficient (Wildman–Crippen LogP) is 2.45. The number of imidazole rings is 1. The molecule has 4 aromatic rings. The summed E-state index contributed by atoms with van der Waals surface area (Å²) in [5, 5.41) is 2.98. The number of benzene rings is 2. The normalized spacial score (nSPS) is 16.1. The van der Waals surface area contributed by atoms with Crippen LogP contribution < -0.4 is 29.2 Å². The lowest BCUT2D eigenvalue weighted by molar-refractivity contribution is -0.126. The number of carbonyl (C=O) groups is 2. The van der Waals surface area contributed by atoms with Crippen molar-refractivity contribution in [2.24, 2.45) is 0 Å². The maximum absolute atomic E-state index is 13.7. The highest BCUT2D eigenvalue weighted by Gasteiger charge is 2.37. The van der Waals surface area contributed by atoms with Crippen molar-refractivity contribution in [3.05, 3.63) is 79.1 Å². The number of carbonyl (C=O) groups excluding carboxylic acids is 2. The van der Waals surface area contributed by atoms with E-state index < -0.39 is 12.1 Å². The summed E-state index contributed by atoms with van der Waals surface area (Å²) in [7, 11) is 1.56. The SMILES string of the molecule is COc1ccc(OC(=O)N2CCN(c3cc(-n4ccnc4)ncn3)CC2C(=O)NCc2cccc3c2OCCO3)cc1. The zero-order chi connectivity index (χ0) is 28.9. The van der Waals surface area contributed by atoms with Crippen LogP contribution in [0.3, 0.4) is 0 Å². The molecule has 13 nitrogen and oxygen atoms in total. The number of hydrogen-bond donors (Lipinski definition) is 1. The van der Waals surface area contributed by atoms with Gasteiger partial charge in [0, 0.05) is 50.2 Å². The molecule has 0 spiro atoms. The van der Waals surface area contributed by atoms with Gasteiger partial charge >= 0.3 is 6.09 Å². The molecule has 2 amide bonds. The second kappa shape index (κ2) is 12.0. The Kier molecular flexibility index (Phi) is 7.70. The van der Waals surface area contributed by atoms with E-state index in [0.29, 0.717) is 54.4 Å². The van der Waals surface area contributed by atoms with Crippen LogP contribution in [0.25, 0.3) is 5.82 Å². The van der Waals surface area contributed by atoms with Crippen molar-refractivity contribution in [2.45, 2.75) is 12.6 Å². The Hall–Kier alpha value is -5.33. The van der Waals surface area contributed by atoms with E-state index >= 15 is 0 Å². The summed E-state index contributed by atoms with van der Waals surface area (Å²) in [6, 6.07) is 13.2. The van der Waals surface area contributed by atoms with Crippen molar-refractivity contribution >= 4 is 17.8 Å². The van der Waals surface area contributed by atoms with Crippen LogP contribution in [0.4, 0.5) is 10.6 Å². The summed E-state index contributed by atoms with van der Waals surface area (Å²) in [5.41, 5.74) is 0.779. The van der Waals surface area contributed by atoms with E-state index in [2.05, 4.69) is 20.3 Å². The first kappa shape index (κ1) is 26.9. The van der Waals surface area contributed by atoms with Crippen molar-refractivity contribution in [2.75, 3.05) is 44.9 Å². The molecule has 2 aliphatic rings. The average Bonchev–Trinajstić information content (AvgIpc) is 3.59. The molecule has 1 fully saturated rings. The second-order valence-corrected chi connectivity index (χ2v) is 9.56. The van der Waals surface area contributed by atoms with Crippen molar-refractivity contribution in [3.63, 3.8) is 0 Å². The third-order valence-corrected chi connectivity index (χ3v) is 7.01. The number of hydrogen-bond acceptors (Lipinski definition) is 10. The summed E-state index contributed by atoms with van der Waals surface area (Å²) < 4.78 is 24.0. The fourth-order valence-corrected chi connectivity index (χ4v) is 4.86. The Morgan fingerprint density at radius 1 is 1.02 bits per heavy atom. The minimum Gasteiger partial charge on any atom is -0.497 e. The molecular weight excluding hydrogens is 542 g/mol. The Bertz CT molecular complexity index is 1550. The van der Waals surface area contributed by atoms with Gasteiger partial charge < -0.3 is 29.2 Å². The van der Waals surface area contributed by atoms with Crippen LogP contribution in [-0.4, -0.2) is 82.4 Å². The van der Waals surface area contributed by atoms with Gasteiger partial charge in [-0.3, -0.25) is 14.3 Å². The van der Waals surface area contributed by atoms with Gasteiger partial charge in [0.15, 0.2) is 11.5 Å². The molecule has 2 aliphatic heterocycles. The van der Waals surface area contributed by atoms with Gasteiger partial charge in [-0.2, -0.15) is 0 Å². The van der Waals surface area contributed by atoms with E-state index in [-0.39, 0.29) is 25.5 Å². The Morgan fingerprint density at radius 3 is 2.64 bits per heavy atom. The third kappa shape index (κ3) is 5.75. The number of amides is 2. The third-order valence-electron chi connectivity index (χ3n) is 7.01. The molecule has 2 aromatic heterocycles. The van der Waals surface area contributed by atoms with Crippen molar-refractivity contribution in [1.29, 1.82) is 0 Å². The zero-order valence-corrected chi connectivity index (χ0v) is 22.9. The van der Waals surface area contributed by atoms with E-state index in [0.717, 1.165) is 5.56 Å².